The number of aromatic amines is 1. The molecule has 0 aliphatic carbocycles. The first-order valence-electron chi connectivity index (χ1n) is 12.3. The van der Waals surface area contributed by atoms with Gasteiger partial charge in [-0.05, 0) is 38.5 Å². The molecular weight excluding hydrogens is 448 g/mol. The molecule has 0 radical (unpaired) electrons. The van der Waals surface area contributed by atoms with Crippen molar-refractivity contribution in [3.63, 3.8) is 0 Å². The molecule has 10 heteroatoms. The monoisotopic (exact) mass is 482 g/mol. The van der Waals surface area contributed by atoms with E-state index in [9.17, 15) is 14.8 Å². The van der Waals surface area contributed by atoms with Gasteiger partial charge in [-0.25, -0.2) is 4.98 Å². The van der Waals surface area contributed by atoms with E-state index in [4.69, 9.17) is 9.72 Å². The normalized spacial score (nSPS) is 16.0. The van der Waals surface area contributed by atoms with Crippen molar-refractivity contribution in [2.24, 2.45) is 7.05 Å². The van der Waals surface area contributed by atoms with Crippen molar-refractivity contribution >= 4 is 16.8 Å². The highest BCUT2D eigenvalue weighted by Crippen LogP contribution is 2.30. The first-order chi connectivity index (χ1) is 16.8. The van der Waals surface area contributed by atoms with Gasteiger partial charge in [0.2, 0.25) is 0 Å². The molecule has 0 unspecified atom stereocenters. The molecule has 35 heavy (non-hydrogen) atoms. The van der Waals surface area contributed by atoms with Crippen LogP contribution < -0.4 is 10.3 Å². The van der Waals surface area contributed by atoms with E-state index < -0.39 is 0 Å². The quantitative estimate of drug-likeness (QED) is 0.283. The third-order valence-electron chi connectivity index (χ3n) is 6.70. The number of likely N-dealkylation sites (N-methyl/N-ethyl adjacent to an activating group) is 1. The molecule has 1 N–H and O–H groups in total. The Morgan fingerprint density at radius 2 is 1.97 bits per heavy atom. The highest BCUT2D eigenvalue weighted by molar-refractivity contribution is 5.99. The van der Waals surface area contributed by atoms with Crippen LogP contribution in [0.25, 0.3) is 22.4 Å². The molecule has 3 heterocycles. The molecule has 3 aromatic rings. The maximum absolute atomic E-state index is 13.1. The number of nitrogens with one attached hydrogen (secondary N) is 1. The second-order valence-corrected chi connectivity index (χ2v) is 9.10. The number of hydrogen-bond donors (Lipinski definition) is 1. The SMILES string of the molecule is CCCc1nn(C)c2c(=O)[nH]c(-c3cc(C(=O)CN4CC[N+]([O-])(CC)CC4)ccc3OCC)nc12. The number of aryl methyl sites for hydroxylation is 2. The highest BCUT2D eigenvalue weighted by Gasteiger charge is 2.26. The second-order valence-electron chi connectivity index (χ2n) is 9.10. The Kier molecular flexibility index (Phi) is 7.34. The van der Waals surface area contributed by atoms with E-state index >= 15 is 0 Å². The molecule has 10 nitrogen and oxygen atoms in total. The minimum atomic E-state index is -0.287. The second kappa shape index (κ2) is 10.3. The summed E-state index contributed by atoms with van der Waals surface area (Å²) in [5, 5.41) is 16.9. The standard InChI is InChI=1S/C25H34N6O4/c1-5-8-19-22-23(29(4)28-19)25(33)27-24(26-22)18-15-17(9-10-21(18)35-7-3)20(32)16-30-11-13-31(34,6-2)14-12-30/h9-10,15H,5-8,11-14,16H2,1-4H3,(H,26,27,33). The summed E-state index contributed by atoms with van der Waals surface area (Å²) in [7, 11) is 1.74. The average Bonchev–Trinajstić information content (AvgIpc) is 3.16. The van der Waals surface area contributed by atoms with Crippen molar-refractivity contribution in [1.82, 2.24) is 24.6 Å². The number of rotatable bonds is 9. The largest absolute Gasteiger partial charge is 0.633 e. The molecule has 0 spiro atoms. The van der Waals surface area contributed by atoms with Crippen LogP contribution in [0.1, 0.15) is 43.2 Å². The summed E-state index contributed by atoms with van der Waals surface area (Å²) in [6.07, 6.45) is 1.59. The summed E-state index contributed by atoms with van der Waals surface area (Å²) in [4.78, 5) is 35.7. The predicted octanol–water partition coefficient (Wildman–Crippen LogP) is 2.51. The summed E-state index contributed by atoms with van der Waals surface area (Å²) < 4.78 is 7.17. The van der Waals surface area contributed by atoms with Gasteiger partial charge >= 0.3 is 0 Å². The number of carbonyl (C=O) groups excluding carboxylic acids is 1. The van der Waals surface area contributed by atoms with Crippen molar-refractivity contribution in [3.8, 4) is 17.1 Å². The molecule has 2 aromatic heterocycles. The molecule has 4 rings (SSSR count). The minimum absolute atomic E-state index is 0.0480. The molecule has 1 aromatic carbocycles. The highest BCUT2D eigenvalue weighted by atomic mass is 16.5. The lowest BCUT2D eigenvalue weighted by Crippen LogP contribution is -2.56. The van der Waals surface area contributed by atoms with Gasteiger partial charge in [0.05, 0.1) is 44.0 Å². The van der Waals surface area contributed by atoms with Crippen LogP contribution in [0.3, 0.4) is 0 Å². The fraction of sp³-hybridized carbons (Fsp3) is 0.520. The number of hydroxylamine groups is 3. The number of piperazine rings is 1. The lowest BCUT2D eigenvalue weighted by molar-refractivity contribution is -0.883. The Hall–Kier alpha value is -3.08. The number of ketones is 1. The summed E-state index contributed by atoms with van der Waals surface area (Å²) >= 11 is 0. The van der Waals surface area contributed by atoms with Gasteiger partial charge in [0, 0.05) is 25.7 Å². The smallest absolute Gasteiger partial charge is 0.277 e. The number of benzene rings is 1. The van der Waals surface area contributed by atoms with Crippen LogP contribution in [-0.4, -0.2) is 81.0 Å². The minimum Gasteiger partial charge on any atom is -0.633 e. The van der Waals surface area contributed by atoms with Gasteiger partial charge < -0.3 is 19.6 Å². The zero-order chi connectivity index (χ0) is 25.2. The van der Waals surface area contributed by atoms with Gasteiger partial charge in [0.1, 0.15) is 17.1 Å². The number of quaternary nitrogens is 1. The Balaban J connectivity index is 1.67. The van der Waals surface area contributed by atoms with Crippen LogP contribution in [-0.2, 0) is 13.5 Å². The Morgan fingerprint density at radius 3 is 2.63 bits per heavy atom. The van der Waals surface area contributed by atoms with Gasteiger partial charge in [0.25, 0.3) is 5.56 Å². The van der Waals surface area contributed by atoms with Crippen LogP contribution in [0.4, 0.5) is 0 Å². The lowest BCUT2D eigenvalue weighted by atomic mass is 10.0. The zero-order valence-corrected chi connectivity index (χ0v) is 21.0. The molecule has 1 saturated heterocycles. The van der Waals surface area contributed by atoms with Crippen LogP contribution in [0.2, 0.25) is 0 Å². The van der Waals surface area contributed by atoms with Crippen molar-refractivity contribution in [2.45, 2.75) is 33.6 Å². The van der Waals surface area contributed by atoms with E-state index in [0.29, 0.717) is 79.5 Å². The van der Waals surface area contributed by atoms with Crippen molar-refractivity contribution < 1.29 is 14.2 Å². The maximum Gasteiger partial charge on any atom is 0.277 e. The third kappa shape index (κ3) is 5.14. The molecule has 0 bridgehead atoms. The number of H-pyrrole nitrogens is 1. The van der Waals surface area contributed by atoms with Gasteiger partial charge in [-0.2, -0.15) is 5.10 Å². The first-order valence-corrected chi connectivity index (χ1v) is 12.3. The number of ether oxygens (including phenoxy) is 1. The number of fused-ring (bicyclic) bond motifs is 1. The molecule has 0 amide bonds. The number of carbonyl (C=O) groups is 1. The molecule has 188 valence electrons. The number of nitrogens with zero attached hydrogens (tertiary/aromatic N) is 5. The van der Waals surface area contributed by atoms with Gasteiger partial charge in [-0.15, -0.1) is 0 Å². The topological polar surface area (TPSA) is 116 Å². The Bertz CT molecular complexity index is 1270. The van der Waals surface area contributed by atoms with Crippen molar-refractivity contribution in [2.75, 3.05) is 45.9 Å². The first kappa shape index (κ1) is 25.0. The average molecular weight is 483 g/mol. The molecule has 1 aliphatic heterocycles. The van der Waals surface area contributed by atoms with Crippen molar-refractivity contribution in [1.29, 1.82) is 0 Å². The molecular formula is C25H34N6O4. The Morgan fingerprint density at radius 1 is 1.23 bits per heavy atom. The van der Waals surface area contributed by atoms with E-state index in [-0.39, 0.29) is 22.5 Å². The predicted molar refractivity (Wildman–Crippen MR) is 134 cm³/mol. The van der Waals surface area contributed by atoms with Crippen molar-refractivity contribution in [3.05, 3.63) is 45.0 Å². The summed E-state index contributed by atoms with van der Waals surface area (Å²) in [6, 6.07) is 5.22. The molecule has 0 saturated carbocycles. The summed E-state index contributed by atoms with van der Waals surface area (Å²) in [5.74, 6) is 0.843. The molecule has 1 aliphatic rings. The summed E-state index contributed by atoms with van der Waals surface area (Å²) in [6.45, 7) is 9.24. The number of hydrogen-bond acceptors (Lipinski definition) is 7. The van der Waals surface area contributed by atoms with E-state index in [1.54, 1.807) is 29.9 Å². The van der Waals surface area contributed by atoms with E-state index in [1.165, 1.54) is 0 Å². The van der Waals surface area contributed by atoms with Gasteiger partial charge in [-0.3, -0.25) is 19.2 Å². The van der Waals surface area contributed by atoms with E-state index in [0.717, 1.165) is 12.1 Å². The van der Waals surface area contributed by atoms with E-state index in [2.05, 4.69) is 17.0 Å². The van der Waals surface area contributed by atoms with Gasteiger partial charge in [-0.1, -0.05) is 13.3 Å². The molecule has 1 fully saturated rings. The fourth-order valence-corrected chi connectivity index (χ4v) is 4.59. The van der Waals surface area contributed by atoms with Crippen LogP contribution in [0.15, 0.2) is 23.0 Å². The molecule has 0 atom stereocenters. The fourth-order valence-electron chi connectivity index (χ4n) is 4.59. The van der Waals surface area contributed by atoms with Crippen LogP contribution >= 0.6 is 0 Å². The van der Waals surface area contributed by atoms with E-state index in [1.807, 2.05) is 18.7 Å². The zero-order valence-electron chi connectivity index (χ0n) is 21.0. The lowest BCUT2D eigenvalue weighted by Gasteiger charge is -2.47. The Labute approximate surface area is 204 Å². The van der Waals surface area contributed by atoms with Gasteiger partial charge in [0.15, 0.2) is 11.3 Å². The summed E-state index contributed by atoms with van der Waals surface area (Å²) in [5.41, 5.74) is 2.54. The number of aromatic nitrogens is 4. The van der Waals surface area contributed by atoms with Crippen LogP contribution in [0.5, 0.6) is 5.75 Å². The number of Topliss-reactive ketones (excluding diaryl/α,β-unsaturated/α-hetero) is 1. The maximum atomic E-state index is 13.1. The van der Waals surface area contributed by atoms with Crippen LogP contribution in [0, 0.1) is 5.21 Å². The third-order valence-corrected chi connectivity index (χ3v) is 6.70.